The molecule has 1 atom stereocenters. The van der Waals surface area contributed by atoms with Gasteiger partial charge in [0.25, 0.3) is 0 Å². The van der Waals surface area contributed by atoms with E-state index in [0.29, 0.717) is 11.6 Å². The maximum absolute atomic E-state index is 8.71. The number of ether oxygens (including phenoxy) is 1. The topological polar surface area (TPSA) is 99.9 Å². The van der Waals surface area contributed by atoms with E-state index in [1.807, 2.05) is 24.1 Å². The van der Waals surface area contributed by atoms with Crippen molar-refractivity contribution < 1.29 is 4.74 Å². The molecule has 3 heterocycles. The highest BCUT2D eigenvalue weighted by Gasteiger charge is 2.21. The number of hydrogen-bond donors (Lipinski definition) is 1. The zero-order valence-electron chi connectivity index (χ0n) is 12.1. The van der Waals surface area contributed by atoms with Crippen LogP contribution in [0.3, 0.4) is 0 Å². The molecule has 3 rings (SSSR count). The molecular formula is C14H15N7O. The Morgan fingerprint density at radius 3 is 2.86 bits per heavy atom. The summed E-state index contributed by atoms with van der Waals surface area (Å²) in [5.74, 6) is 1.89. The molecule has 0 bridgehead atoms. The van der Waals surface area contributed by atoms with Crippen LogP contribution in [0, 0.1) is 11.3 Å². The third kappa shape index (κ3) is 3.10. The van der Waals surface area contributed by atoms with Gasteiger partial charge < -0.3 is 15.0 Å². The zero-order valence-corrected chi connectivity index (χ0v) is 12.1. The van der Waals surface area contributed by atoms with E-state index in [2.05, 4.69) is 25.3 Å². The van der Waals surface area contributed by atoms with Gasteiger partial charge in [0.15, 0.2) is 5.69 Å². The summed E-state index contributed by atoms with van der Waals surface area (Å²) in [6.45, 7) is 0.784. The molecule has 1 aliphatic rings. The van der Waals surface area contributed by atoms with Crippen molar-refractivity contribution in [2.75, 3.05) is 23.9 Å². The van der Waals surface area contributed by atoms with Gasteiger partial charge in [-0.25, -0.2) is 19.9 Å². The molecule has 0 radical (unpaired) electrons. The molecule has 0 aliphatic carbocycles. The highest BCUT2D eigenvalue weighted by Crippen LogP contribution is 2.22. The fourth-order valence-corrected chi connectivity index (χ4v) is 2.20. The second-order valence-corrected chi connectivity index (χ2v) is 4.86. The first-order valence-corrected chi connectivity index (χ1v) is 6.92. The van der Waals surface area contributed by atoms with E-state index in [1.54, 1.807) is 0 Å². The summed E-state index contributed by atoms with van der Waals surface area (Å²) < 4.78 is 5.64. The van der Waals surface area contributed by atoms with Crippen LogP contribution in [0.4, 0.5) is 17.5 Å². The minimum atomic E-state index is 0.0532. The second kappa shape index (κ2) is 6.32. The first-order chi connectivity index (χ1) is 10.8. The summed E-state index contributed by atoms with van der Waals surface area (Å²) in [5.41, 5.74) is 0.270. The molecule has 1 saturated heterocycles. The van der Waals surface area contributed by atoms with Crippen LogP contribution in [0.25, 0.3) is 0 Å². The molecule has 0 aromatic carbocycles. The summed E-state index contributed by atoms with van der Waals surface area (Å²) >= 11 is 0. The van der Waals surface area contributed by atoms with Crippen molar-refractivity contribution in [3.8, 4) is 6.07 Å². The minimum absolute atomic E-state index is 0.0532. The zero-order chi connectivity index (χ0) is 15.4. The number of nitrogens with one attached hydrogen (secondary N) is 1. The van der Waals surface area contributed by atoms with Gasteiger partial charge in [0.05, 0.1) is 12.4 Å². The maximum atomic E-state index is 8.71. The molecule has 8 nitrogen and oxygen atoms in total. The summed E-state index contributed by atoms with van der Waals surface area (Å²) in [6, 6.07) is 3.75. The molecule has 1 fully saturated rings. The summed E-state index contributed by atoms with van der Waals surface area (Å²) in [5, 5.41) is 11.7. The van der Waals surface area contributed by atoms with Crippen molar-refractivity contribution in [3.05, 3.63) is 30.5 Å². The molecule has 8 heteroatoms. The standard InChI is InChI=1S/C14H15N7O/c1-21(14-3-2-4-22-14)13-5-11(18-9-19-13)20-12-8-16-10(6-15)7-17-12/h5,7-9,14H,2-4H2,1H3,(H,17,18,19,20)/t14-/m0/s1. The summed E-state index contributed by atoms with van der Waals surface area (Å²) in [6.07, 6.45) is 6.49. The molecule has 0 spiro atoms. The number of aromatic nitrogens is 4. The predicted molar refractivity (Wildman–Crippen MR) is 79.4 cm³/mol. The Labute approximate surface area is 127 Å². The van der Waals surface area contributed by atoms with Gasteiger partial charge in [-0.3, -0.25) is 0 Å². The Hall–Kier alpha value is -2.79. The molecule has 0 saturated carbocycles. The fourth-order valence-electron chi connectivity index (χ4n) is 2.20. The van der Waals surface area contributed by atoms with Crippen LogP contribution in [-0.2, 0) is 4.74 Å². The Balaban J connectivity index is 1.74. The van der Waals surface area contributed by atoms with Crippen molar-refractivity contribution in [1.82, 2.24) is 19.9 Å². The van der Waals surface area contributed by atoms with Crippen molar-refractivity contribution in [2.45, 2.75) is 19.1 Å². The lowest BCUT2D eigenvalue weighted by molar-refractivity contribution is 0.111. The third-order valence-electron chi connectivity index (χ3n) is 3.37. The highest BCUT2D eigenvalue weighted by molar-refractivity contribution is 5.55. The molecule has 112 valence electrons. The average Bonchev–Trinajstić information content (AvgIpc) is 3.09. The van der Waals surface area contributed by atoms with Crippen molar-refractivity contribution >= 4 is 17.5 Å². The van der Waals surface area contributed by atoms with Crippen molar-refractivity contribution in [2.24, 2.45) is 0 Å². The molecule has 2 aromatic rings. The average molecular weight is 297 g/mol. The lowest BCUT2D eigenvalue weighted by atomic mass is 10.3. The largest absolute Gasteiger partial charge is 0.358 e. The first-order valence-electron chi connectivity index (χ1n) is 6.92. The van der Waals surface area contributed by atoms with E-state index in [4.69, 9.17) is 10.00 Å². The fraction of sp³-hybridized carbons (Fsp3) is 0.357. The van der Waals surface area contributed by atoms with Gasteiger partial charge in [0, 0.05) is 19.7 Å². The normalized spacial score (nSPS) is 17.0. The predicted octanol–water partition coefficient (Wildman–Crippen LogP) is 1.45. The van der Waals surface area contributed by atoms with Crippen LogP contribution in [0.15, 0.2) is 24.8 Å². The molecule has 1 aliphatic heterocycles. The first kappa shape index (κ1) is 14.2. The van der Waals surface area contributed by atoms with E-state index in [-0.39, 0.29) is 11.9 Å². The highest BCUT2D eigenvalue weighted by atomic mass is 16.5. The number of nitrogens with zero attached hydrogens (tertiary/aromatic N) is 6. The van der Waals surface area contributed by atoms with Gasteiger partial charge in [-0.2, -0.15) is 5.26 Å². The summed E-state index contributed by atoms with van der Waals surface area (Å²) in [7, 11) is 1.95. The molecular weight excluding hydrogens is 282 g/mol. The number of anilines is 3. The molecule has 22 heavy (non-hydrogen) atoms. The summed E-state index contributed by atoms with van der Waals surface area (Å²) in [4.78, 5) is 18.5. The van der Waals surface area contributed by atoms with Crippen LogP contribution < -0.4 is 10.2 Å². The Bertz CT molecular complexity index is 676. The lowest BCUT2D eigenvalue weighted by Gasteiger charge is -2.24. The number of hydrogen-bond acceptors (Lipinski definition) is 8. The van der Waals surface area contributed by atoms with Gasteiger partial charge in [-0.15, -0.1) is 0 Å². The van der Waals surface area contributed by atoms with Crippen molar-refractivity contribution in [3.63, 3.8) is 0 Å². The van der Waals surface area contributed by atoms with Gasteiger partial charge in [0.2, 0.25) is 0 Å². The Morgan fingerprint density at radius 1 is 1.27 bits per heavy atom. The maximum Gasteiger partial charge on any atom is 0.158 e. The monoisotopic (exact) mass is 297 g/mol. The van der Waals surface area contributed by atoms with Crippen LogP contribution in [0.5, 0.6) is 0 Å². The van der Waals surface area contributed by atoms with Gasteiger partial charge >= 0.3 is 0 Å². The van der Waals surface area contributed by atoms with E-state index >= 15 is 0 Å². The van der Waals surface area contributed by atoms with Crippen LogP contribution in [0.1, 0.15) is 18.5 Å². The van der Waals surface area contributed by atoms with E-state index in [1.165, 1.54) is 18.7 Å². The van der Waals surface area contributed by atoms with E-state index in [0.717, 1.165) is 25.3 Å². The lowest BCUT2D eigenvalue weighted by Crippen LogP contribution is -2.31. The van der Waals surface area contributed by atoms with Crippen LogP contribution in [0.2, 0.25) is 0 Å². The van der Waals surface area contributed by atoms with Gasteiger partial charge in [-0.05, 0) is 12.8 Å². The molecule has 0 amide bonds. The third-order valence-corrected chi connectivity index (χ3v) is 3.37. The molecule has 1 N–H and O–H groups in total. The van der Waals surface area contributed by atoms with Crippen LogP contribution in [-0.4, -0.2) is 39.8 Å². The van der Waals surface area contributed by atoms with Crippen molar-refractivity contribution in [1.29, 1.82) is 5.26 Å². The van der Waals surface area contributed by atoms with E-state index in [9.17, 15) is 0 Å². The second-order valence-electron chi connectivity index (χ2n) is 4.86. The molecule has 2 aromatic heterocycles. The van der Waals surface area contributed by atoms with Gasteiger partial charge in [-0.1, -0.05) is 0 Å². The van der Waals surface area contributed by atoms with Gasteiger partial charge in [0.1, 0.15) is 36.1 Å². The quantitative estimate of drug-likeness (QED) is 0.905. The molecule has 0 unspecified atom stereocenters. The Kier molecular flexibility index (Phi) is 4.07. The van der Waals surface area contributed by atoms with Crippen LogP contribution >= 0.6 is 0 Å². The SMILES string of the molecule is CN(c1cc(Nc2cnc(C#N)cn2)ncn1)[C@@H]1CCCO1. The minimum Gasteiger partial charge on any atom is -0.358 e. The van der Waals surface area contributed by atoms with E-state index < -0.39 is 0 Å². The number of rotatable bonds is 4. The number of nitriles is 1. The Morgan fingerprint density at radius 2 is 2.18 bits per heavy atom. The smallest absolute Gasteiger partial charge is 0.158 e.